The van der Waals surface area contributed by atoms with Crippen LogP contribution in [0.1, 0.15) is 36.4 Å². The summed E-state index contributed by atoms with van der Waals surface area (Å²) in [7, 11) is 0. The molecule has 5 nitrogen and oxygen atoms in total. The van der Waals surface area contributed by atoms with Gasteiger partial charge in [0.05, 0.1) is 4.88 Å². The predicted octanol–water partition coefficient (Wildman–Crippen LogP) is 1.45. The molecule has 3 unspecified atom stereocenters. The van der Waals surface area contributed by atoms with Crippen molar-refractivity contribution in [3.05, 3.63) is 22.4 Å². The fraction of sp³-hybridized carbons (Fsp3) is 0.600. The van der Waals surface area contributed by atoms with Crippen LogP contribution in [0.25, 0.3) is 0 Å². The van der Waals surface area contributed by atoms with Gasteiger partial charge in [-0.3, -0.25) is 9.59 Å². The van der Waals surface area contributed by atoms with Crippen molar-refractivity contribution in [1.29, 1.82) is 0 Å². The minimum Gasteiger partial charge on any atom is -0.341 e. The van der Waals surface area contributed by atoms with Gasteiger partial charge in [-0.15, -0.1) is 11.3 Å². The number of nitrogens with one attached hydrogen (secondary N) is 1. The van der Waals surface area contributed by atoms with Gasteiger partial charge in [0.25, 0.3) is 5.91 Å². The first-order valence-electron chi connectivity index (χ1n) is 7.37. The van der Waals surface area contributed by atoms with E-state index < -0.39 is 6.04 Å². The van der Waals surface area contributed by atoms with Crippen molar-refractivity contribution in [1.82, 2.24) is 10.2 Å². The van der Waals surface area contributed by atoms with E-state index in [-0.39, 0.29) is 17.9 Å². The molecule has 1 aromatic rings. The molecule has 2 amide bonds. The highest BCUT2D eigenvalue weighted by atomic mass is 32.1. The second kappa shape index (κ2) is 7.04. The van der Waals surface area contributed by atoms with Crippen LogP contribution in [0.15, 0.2) is 17.5 Å². The van der Waals surface area contributed by atoms with Crippen LogP contribution in [0.3, 0.4) is 0 Å². The average Bonchev–Trinajstić information content (AvgIpc) is 3.00. The monoisotopic (exact) mass is 309 g/mol. The largest absolute Gasteiger partial charge is 0.341 e. The number of thiophene rings is 1. The summed E-state index contributed by atoms with van der Waals surface area (Å²) >= 11 is 1.37. The summed E-state index contributed by atoms with van der Waals surface area (Å²) in [6.07, 6.45) is 2.04. The molecule has 21 heavy (non-hydrogen) atoms. The van der Waals surface area contributed by atoms with E-state index in [4.69, 9.17) is 5.73 Å². The van der Waals surface area contributed by atoms with E-state index in [1.165, 1.54) is 11.3 Å². The molecule has 2 rings (SSSR count). The first kappa shape index (κ1) is 16.0. The molecule has 3 N–H and O–H groups in total. The number of nitrogens with two attached hydrogens (primary N) is 1. The number of carbonyl (C=O) groups excluding carboxylic acids is 2. The minimum absolute atomic E-state index is 0.0229. The van der Waals surface area contributed by atoms with Crippen molar-refractivity contribution in [3.63, 3.8) is 0 Å². The number of amides is 2. The zero-order valence-corrected chi connectivity index (χ0v) is 13.4. The lowest BCUT2D eigenvalue weighted by Crippen LogP contribution is -2.51. The maximum absolute atomic E-state index is 12.4. The van der Waals surface area contributed by atoms with Crippen LogP contribution in [0, 0.1) is 5.92 Å². The van der Waals surface area contributed by atoms with Crippen molar-refractivity contribution >= 4 is 23.2 Å². The normalized spacial score (nSPS) is 21.7. The molecular weight excluding hydrogens is 286 g/mol. The van der Waals surface area contributed by atoms with E-state index in [9.17, 15) is 9.59 Å². The molecule has 2 heterocycles. The Hall–Kier alpha value is -1.40. The number of hydrogen-bond donors (Lipinski definition) is 2. The van der Waals surface area contributed by atoms with Gasteiger partial charge in [0, 0.05) is 19.1 Å². The number of nitrogens with zero attached hydrogens (tertiary/aromatic N) is 1. The fourth-order valence-corrected chi connectivity index (χ4v) is 3.28. The third kappa shape index (κ3) is 4.04. The Morgan fingerprint density at radius 1 is 1.48 bits per heavy atom. The van der Waals surface area contributed by atoms with Crippen molar-refractivity contribution < 1.29 is 9.59 Å². The number of likely N-dealkylation sites (tertiary alicyclic amines) is 1. The Morgan fingerprint density at radius 3 is 2.86 bits per heavy atom. The Morgan fingerprint density at radius 2 is 2.24 bits per heavy atom. The van der Waals surface area contributed by atoms with E-state index in [0.717, 1.165) is 19.4 Å². The van der Waals surface area contributed by atoms with Gasteiger partial charge in [-0.2, -0.15) is 0 Å². The topological polar surface area (TPSA) is 75.4 Å². The van der Waals surface area contributed by atoms with Crippen LogP contribution in [0.4, 0.5) is 0 Å². The number of hydrogen-bond acceptors (Lipinski definition) is 4. The second-order valence-electron chi connectivity index (χ2n) is 5.72. The Kier molecular flexibility index (Phi) is 5.36. The molecule has 1 aliphatic rings. The van der Waals surface area contributed by atoms with Crippen LogP contribution in [0.5, 0.6) is 0 Å². The van der Waals surface area contributed by atoms with Crippen molar-refractivity contribution in [3.8, 4) is 0 Å². The molecule has 0 spiro atoms. The van der Waals surface area contributed by atoms with E-state index in [1.807, 2.05) is 23.3 Å². The molecule has 1 aromatic heterocycles. The quantitative estimate of drug-likeness (QED) is 0.884. The summed E-state index contributed by atoms with van der Waals surface area (Å²) in [5, 5.41) is 4.62. The van der Waals surface area contributed by atoms with E-state index in [0.29, 0.717) is 17.3 Å². The molecule has 3 atom stereocenters. The lowest BCUT2D eigenvalue weighted by atomic mass is 9.92. The number of carbonyl (C=O) groups is 2. The molecule has 1 fully saturated rings. The zero-order valence-electron chi connectivity index (χ0n) is 12.5. The molecule has 0 aromatic carbocycles. The summed E-state index contributed by atoms with van der Waals surface area (Å²) in [4.78, 5) is 26.9. The predicted molar refractivity (Wildman–Crippen MR) is 84.2 cm³/mol. The molecule has 0 bridgehead atoms. The average molecular weight is 309 g/mol. The van der Waals surface area contributed by atoms with Gasteiger partial charge < -0.3 is 16.0 Å². The first-order valence-corrected chi connectivity index (χ1v) is 8.25. The van der Waals surface area contributed by atoms with Gasteiger partial charge in [-0.05, 0) is 44.1 Å². The Labute approximate surface area is 129 Å². The van der Waals surface area contributed by atoms with Crippen LogP contribution in [0.2, 0.25) is 0 Å². The van der Waals surface area contributed by atoms with Crippen molar-refractivity contribution in [2.75, 3.05) is 13.1 Å². The van der Waals surface area contributed by atoms with Crippen LogP contribution in [-0.4, -0.2) is 41.9 Å². The summed E-state index contributed by atoms with van der Waals surface area (Å²) < 4.78 is 0. The standard InChI is InChI=1S/C15H23N3O2S/c1-10(16)12-5-3-7-18(9-12)15(20)11(2)17-14(19)13-6-4-8-21-13/h4,6,8,10-12H,3,5,7,9,16H2,1-2H3,(H,17,19). The third-order valence-electron chi connectivity index (χ3n) is 3.98. The van der Waals surface area contributed by atoms with Crippen molar-refractivity contribution in [2.45, 2.75) is 38.8 Å². The fourth-order valence-electron chi connectivity index (χ4n) is 2.65. The zero-order chi connectivity index (χ0) is 15.4. The Bertz CT molecular complexity index is 487. The molecular formula is C15H23N3O2S. The summed E-state index contributed by atoms with van der Waals surface area (Å²) in [5.74, 6) is 0.139. The van der Waals surface area contributed by atoms with Crippen LogP contribution in [-0.2, 0) is 4.79 Å². The van der Waals surface area contributed by atoms with E-state index >= 15 is 0 Å². The maximum atomic E-state index is 12.4. The van der Waals surface area contributed by atoms with Gasteiger partial charge >= 0.3 is 0 Å². The van der Waals surface area contributed by atoms with Gasteiger partial charge in [0.15, 0.2) is 0 Å². The van der Waals surface area contributed by atoms with E-state index in [1.54, 1.807) is 13.0 Å². The highest BCUT2D eigenvalue weighted by Gasteiger charge is 2.29. The van der Waals surface area contributed by atoms with Crippen LogP contribution < -0.4 is 11.1 Å². The second-order valence-corrected chi connectivity index (χ2v) is 6.67. The number of rotatable bonds is 4. The SMILES string of the molecule is CC(NC(=O)c1cccs1)C(=O)N1CCCC(C(C)N)C1. The van der Waals surface area contributed by atoms with E-state index in [2.05, 4.69) is 5.32 Å². The van der Waals surface area contributed by atoms with Gasteiger partial charge in [-0.25, -0.2) is 0 Å². The first-order chi connectivity index (χ1) is 9.99. The molecule has 0 saturated carbocycles. The molecule has 116 valence electrons. The Balaban J connectivity index is 1.91. The molecule has 6 heteroatoms. The molecule has 0 aliphatic carbocycles. The molecule has 0 radical (unpaired) electrons. The minimum atomic E-state index is -0.508. The summed E-state index contributed by atoms with van der Waals surface area (Å²) in [6, 6.07) is 3.16. The summed E-state index contributed by atoms with van der Waals surface area (Å²) in [6.45, 7) is 5.17. The van der Waals surface area contributed by atoms with Gasteiger partial charge in [0.2, 0.25) is 5.91 Å². The lowest BCUT2D eigenvalue weighted by molar-refractivity contribution is -0.134. The van der Waals surface area contributed by atoms with Crippen LogP contribution >= 0.6 is 11.3 Å². The maximum Gasteiger partial charge on any atom is 0.261 e. The summed E-state index contributed by atoms with van der Waals surface area (Å²) in [5.41, 5.74) is 5.94. The van der Waals surface area contributed by atoms with Gasteiger partial charge in [0.1, 0.15) is 6.04 Å². The molecule has 1 saturated heterocycles. The number of piperidine rings is 1. The molecule has 1 aliphatic heterocycles. The third-order valence-corrected chi connectivity index (χ3v) is 4.84. The smallest absolute Gasteiger partial charge is 0.261 e. The highest BCUT2D eigenvalue weighted by molar-refractivity contribution is 7.12. The highest BCUT2D eigenvalue weighted by Crippen LogP contribution is 2.19. The van der Waals surface area contributed by atoms with Crippen molar-refractivity contribution in [2.24, 2.45) is 11.7 Å². The lowest BCUT2D eigenvalue weighted by Gasteiger charge is -2.36. The van der Waals surface area contributed by atoms with Gasteiger partial charge in [-0.1, -0.05) is 6.07 Å².